The highest BCUT2D eigenvalue weighted by molar-refractivity contribution is 6.10. The van der Waals surface area contributed by atoms with Gasteiger partial charge in [-0.25, -0.2) is 4.39 Å². The van der Waals surface area contributed by atoms with Gasteiger partial charge >= 0.3 is 0 Å². The van der Waals surface area contributed by atoms with Gasteiger partial charge in [-0.05, 0) is 50.1 Å². The Balaban J connectivity index is 1.53. The van der Waals surface area contributed by atoms with E-state index in [1.165, 1.54) is 18.2 Å². The molecule has 3 aromatic rings. The van der Waals surface area contributed by atoms with Crippen molar-refractivity contribution in [3.8, 4) is 0 Å². The lowest BCUT2D eigenvalue weighted by Crippen LogP contribution is -2.32. The van der Waals surface area contributed by atoms with E-state index in [9.17, 15) is 14.0 Å². The molecule has 29 heavy (non-hydrogen) atoms. The fraction of sp³-hybridized carbons (Fsp3) is 0.273. The molecule has 2 N–H and O–H groups in total. The Bertz CT molecular complexity index is 1070. The van der Waals surface area contributed by atoms with Crippen LogP contribution in [0.15, 0.2) is 46.9 Å². The van der Waals surface area contributed by atoms with Crippen LogP contribution in [-0.4, -0.2) is 31.1 Å². The highest BCUT2D eigenvalue weighted by Gasteiger charge is 2.21. The van der Waals surface area contributed by atoms with Crippen LogP contribution >= 0.6 is 0 Å². The van der Waals surface area contributed by atoms with Crippen LogP contribution in [0.25, 0.3) is 11.0 Å². The monoisotopic (exact) mass is 396 g/mol. The van der Waals surface area contributed by atoms with Crippen molar-refractivity contribution in [3.63, 3.8) is 0 Å². The van der Waals surface area contributed by atoms with Crippen molar-refractivity contribution >= 4 is 28.5 Å². The third kappa shape index (κ3) is 4.00. The third-order valence-corrected chi connectivity index (χ3v) is 5.04. The zero-order valence-corrected chi connectivity index (χ0v) is 16.0. The van der Waals surface area contributed by atoms with Crippen molar-refractivity contribution in [2.45, 2.75) is 25.9 Å². The van der Waals surface area contributed by atoms with E-state index in [2.05, 4.69) is 10.6 Å². The summed E-state index contributed by atoms with van der Waals surface area (Å²) in [6.07, 6.45) is 1.94. The standard InChI is InChI=1S/C22H21FN2O4/c1-13-17-11-14(23)8-9-19(17)29-20(13)22(27)25-18-7-3-2-6-16(18)21(26)24-12-15-5-4-10-28-15/h2-3,6-9,11,15H,4-5,10,12H2,1H3,(H,24,26)(H,25,27). The van der Waals surface area contributed by atoms with Crippen LogP contribution in [0.3, 0.4) is 0 Å². The highest BCUT2D eigenvalue weighted by Crippen LogP contribution is 2.27. The van der Waals surface area contributed by atoms with Gasteiger partial charge < -0.3 is 19.8 Å². The lowest BCUT2D eigenvalue weighted by atomic mass is 10.1. The smallest absolute Gasteiger partial charge is 0.291 e. The molecule has 0 radical (unpaired) electrons. The number of carbonyl (C=O) groups is 2. The summed E-state index contributed by atoms with van der Waals surface area (Å²) < 4.78 is 24.6. The van der Waals surface area contributed by atoms with E-state index in [0.29, 0.717) is 40.9 Å². The summed E-state index contributed by atoms with van der Waals surface area (Å²) in [6.45, 7) is 2.84. The van der Waals surface area contributed by atoms with Gasteiger partial charge in [0.25, 0.3) is 11.8 Å². The molecule has 2 heterocycles. The first-order valence-electron chi connectivity index (χ1n) is 9.52. The van der Waals surface area contributed by atoms with Gasteiger partial charge in [0.2, 0.25) is 0 Å². The highest BCUT2D eigenvalue weighted by atomic mass is 19.1. The number of para-hydroxylation sites is 1. The second kappa shape index (κ2) is 8.05. The lowest BCUT2D eigenvalue weighted by Gasteiger charge is -2.13. The number of hydrogen-bond acceptors (Lipinski definition) is 4. The number of benzene rings is 2. The lowest BCUT2D eigenvalue weighted by molar-refractivity contribution is 0.0858. The number of nitrogens with one attached hydrogen (secondary N) is 2. The van der Waals surface area contributed by atoms with E-state index >= 15 is 0 Å². The largest absolute Gasteiger partial charge is 0.451 e. The molecule has 0 bridgehead atoms. The molecule has 2 amide bonds. The second-order valence-electron chi connectivity index (χ2n) is 7.04. The molecule has 0 aliphatic carbocycles. The number of fused-ring (bicyclic) bond motifs is 1. The maximum Gasteiger partial charge on any atom is 0.291 e. The van der Waals surface area contributed by atoms with Crippen LogP contribution in [-0.2, 0) is 4.74 Å². The number of carbonyl (C=O) groups excluding carboxylic acids is 2. The minimum Gasteiger partial charge on any atom is -0.451 e. The number of aryl methyl sites for hydroxylation is 1. The molecule has 6 nitrogen and oxygen atoms in total. The molecule has 150 valence electrons. The molecule has 7 heteroatoms. The quantitative estimate of drug-likeness (QED) is 0.682. The van der Waals surface area contributed by atoms with Gasteiger partial charge in [-0.15, -0.1) is 0 Å². The molecule has 1 aliphatic heterocycles. The summed E-state index contributed by atoms with van der Waals surface area (Å²) in [6, 6.07) is 10.8. The molecule has 1 fully saturated rings. The van der Waals surface area contributed by atoms with Crippen molar-refractivity contribution in [3.05, 3.63) is 65.2 Å². The fourth-order valence-corrected chi connectivity index (χ4v) is 3.49. The minimum atomic E-state index is -0.501. The number of furan rings is 1. The van der Waals surface area contributed by atoms with Crippen molar-refractivity contribution in [1.82, 2.24) is 5.32 Å². The van der Waals surface area contributed by atoms with Gasteiger partial charge in [0.05, 0.1) is 17.4 Å². The predicted octanol–water partition coefficient (Wildman–Crippen LogP) is 4.04. The Morgan fingerprint density at radius 2 is 2.00 bits per heavy atom. The van der Waals surface area contributed by atoms with Gasteiger partial charge in [0.15, 0.2) is 5.76 Å². The summed E-state index contributed by atoms with van der Waals surface area (Å²) >= 11 is 0. The molecular weight excluding hydrogens is 375 g/mol. The Morgan fingerprint density at radius 1 is 1.17 bits per heavy atom. The van der Waals surface area contributed by atoms with Crippen LogP contribution in [0.1, 0.15) is 39.3 Å². The van der Waals surface area contributed by atoms with Gasteiger partial charge in [0, 0.05) is 24.1 Å². The second-order valence-corrected chi connectivity index (χ2v) is 7.04. The van der Waals surface area contributed by atoms with Crippen LogP contribution in [0.5, 0.6) is 0 Å². The molecule has 0 saturated carbocycles. The fourth-order valence-electron chi connectivity index (χ4n) is 3.49. The van der Waals surface area contributed by atoms with Crippen molar-refractivity contribution in [1.29, 1.82) is 0 Å². The Morgan fingerprint density at radius 3 is 2.79 bits per heavy atom. The molecule has 1 atom stereocenters. The number of anilines is 1. The summed E-state index contributed by atoms with van der Waals surface area (Å²) in [7, 11) is 0. The molecule has 1 unspecified atom stereocenters. The van der Waals surface area contributed by atoms with Crippen molar-refractivity contribution in [2.75, 3.05) is 18.5 Å². The van der Waals surface area contributed by atoms with Crippen LogP contribution < -0.4 is 10.6 Å². The summed E-state index contributed by atoms with van der Waals surface area (Å²) in [5.74, 6) is -1.11. The van der Waals surface area contributed by atoms with E-state index in [0.717, 1.165) is 12.8 Å². The topological polar surface area (TPSA) is 80.6 Å². The third-order valence-electron chi connectivity index (χ3n) is 5.04. The Labute approximate surface area is 167 Å². The summed E-state index contributed by atoms with van der Waals surface area (Å²) in [4.78, 5) is 25.4. The van der Waals surface area contributed by atoms with E-state index in [1.807, 2.05) is 0 Å². The summed E-state index contributed by atoms with van der Waals surface area (Å²) in [5, 5.41) is 6.13. The Kier molecular flexibility index (Phi) is 5.31. The molecule has 2 aromatic carbocycles. The zero-order chi connectivity index (χ0) is 20.4. The average molecular weight is 396 g/mol. The van der Waals surface area contributed by atoms with Crippen molar-refractivity contribution < 1.29 is 23.1 Å². The molecule has 1 aromatic heterocycles. The molecule has 1 saturated heterocycles. The van der Waals surface area contributed by atoms with Gasteiger partial charge in [-0.2, -0.15) is 0 Å². The van der Waals surface area contributed by atoms with Gasteiger partial charge in [-0.3, -0.25) is 9.59 Å². The average Bonchev–Trinajstić information content (AvgIpc) is 3.35. The molecule has 4 rings (SSSR count). The van der Waals surface area contributed by atoms with E-state index in [1.54, 1.807) is 31.2 Å². The first kappa shape index (κ1) is 19.1. The maximum absolute atomic E-state index is 13.5. The normalized spacial score (nSPS) is 16.1. The van der Waals surface area contributed by atoms with Gasteiger partial charge in [-0.1, -0.05) is 12.1 Å². The number of rotatable bonds is 5. The first-order valence-corrected chi connectivity index (χ1v) is 9.52. The number of ether oxygens (including phenoxy) is 1. The summed E-state index contributed by atoms with van der Waals surface area (Å²) in [5.41, 5.74) is 1.68. The first-order chi connectivity index (χ1) is 14.0. The Hall–Kier alpha value is -3.19. The van der Waals surface area contributed by atoms with Crippen LogP contribution in [0.4, 0.5) is 10.1 Å². The number of halogens is 1. The maximum atomic E-state index is 13.5. The number of hydrogen-bond donors (Lipinski definition) is 2. The van der Waals surface area contributed by atoms with Crippen molar-refractivity contribution in [2.24, 2.45) is 0 Å². The molecule has 0 spiro atoms. The number of amides is 2. The van der Waals surface area contributed by atoms with Crippen LogP contribution in [0.2, 0.25) is 0 Å². The SMILES string of the molecule is Cc1c(C(=O)Nc2ccccc2C(=O)NCC2CCCO2)oc2ccc(F)cc12. The van der Waals surface area contributed by atoms with E-state index < -0.39 is 11.7 Å². The minimum absolute atomic E-state index is 0.0271. The molecule has 1 aliphatic rings. The van der Waals surface area contributed by atoms with E-state index in [4.69, 9.17) is 9.15 Å². The predicted molar refractivity (Wildman–Crippen MR) is 107 cm³/mol. The van der Waals surface area contributed by atoms with Gasteiger partial charge in [0.1, 0.15) is 11.4 Å². The molecular formula is C22H21FN2O4. The zero-order valence-electron chi connectivity index (χ0n) is 16.0. The van der Waals surface area contributed by atoms with E-state index in [-0.39, 0.29) is 17.8 Å². The van der Waals surface area contributed by atoms with Crippen LogP contribution in [0, 0.1) is 12.7 Å².